The summed E-state index contributed by atoms with van der Waals surface area (Å²) >= 11 is 0. The molecule has 32 heavy (non-hydrogen) atoms. The molecule has 0 unspecified atom stereocenters. The fourth-order valence-corrected chi connectivity index (χ4v) is 13.3. The van der Waals surface area contributed by atoms with Gasteiger partial charge in [0.05, 0.1) is 0 Å². The molecule has 0 heterocycles. The summed E-state index contributed by atoms with van der Waals surface area (Å²) in [6, 6.07) is 0. The summed E-state index contributed by atoms with van der Waals surface area (Å²) in [6.45, 7) is 13.7. The van der Waals surface area contributed by atoms with Gasteiger partial charge in [-0.15, -0.1) is 12.4 Å². The van der Waals surface area contributed by atoms with Crippen molar-refractivity contribution >= 4 is 25.0 Å². The van der Waals surface area contributed by atoms with Crippen LogP contribution in [0.2, 0.25) is 0 Å². The minimum absolute atomic E-state index is 0. The van der Waals surface area contributed by atoms with Crippen LogP contribution in [0.15, 0.2) is 12.2 Å². The zero-order valence-electron chi connectivity index (χ0n) is 22.5. The van der Waals surface area contributed by atoms with E-state index in [9.17, 15) is 4.79 Å². The maximum absolute atomic E-state index is 11.6. The van der Waals surface area contributed by atoms with Gasteiger partial charge in [0.25, 0.3) is 0 Å². The number of hydrogen-bond donors (Lipinski definition) is 0. The molecule has 0 N–H and O–H groups in total. The van der Waals surface area contributed by atoms with Crippen LogP contribution in [0.5, 0.6) is 0 Å². The van der Waals surface area contributed by atoms with Crippen molar-refractivity contribution in [3.8, 4) is 0 Å². The van der Waals surface area contributed by atoms with Crippen molar-refractivity contribution in [1.29, 1.82) is 0 Å². The smallest absolute Gasteiger partial charge is 0.147 e. The summed E-state index contributed by atoms with van der Waals surface area (Å²) < 4.78 is 5.33. The number of rotatable bonds is 22. The van der Waals surface area contributed by atoms with Crippen molar-refractivity contribution < 1.29 is 9.53 Å². The molecule has 0 spiro atoms. The van der Waals surface area contributed by atoms with Gasteiger partial charge in [-0.05, 0) is 0 Å². The summed E-state index contributed by atoms with van der Waals surface area (Å²) in [5.41, 5.74) is 0.506. The molecule has 194 valence electrons. The number of hydrogen-bond acceptors (Lipinski definition) is 2. The first kappa shape index (κ1) is 34.1. The molecule has 0 radical (unpaired) electrons. The van der Waals surface area contributed by atoms with Crippen molar-refractivity contribution in [1.82, 2.24) is 0 Å². The quantitative estimate of drug-likeness (QED) is 0.0650. The average molecular weight is 493 g/mol. The largest absolute Gasteiger partial charge is 0.147 e. The molecule has 0 saturated heterocycles. The Balaban J connectivity index is 0. The molecule has 0 aromatic carbocycles. The second kappa shape index (κ2) is 20.3. The van der Waals surface area contributed by atoms with Gasteiger partial charge < -0.3 is 0 Å². The van der Waals surface area contributed by atoms with E-state index in [4.69, 9.17) is 4.74 Å². The summed E-state index contributed by atoms with van der Waals surface area (Å²) in [5.74, 6) is -0.236. The molecule has 0 fully saturated rings. The fraction of sp³-hybridized carbons (Fsp3) is 0.893. The second-order valence-corrected chi connectivity index (χ2v) is 17.0. The maximum atomic E-state index is 11.6. The summed E-state index contributed by atoms with van der Waals surface area (Å²) in [6.07, 6.45) is 26.5. The van der Waals surface area contributed by atoms with Crippen LogP contribution in [0, 0.1) is 0 Å². The fourth-order valence-electron chi connectivity index (χ4n) is 5.22. The molecule has 0 saturated carbocycles. The third kappa shape index (κ3) is 14.2. The van der Waals surface area contributed by atoms with Crippen LogP contribution >= 0.6 is 19.0 Å². The van der Waals surface area contributed by atoms with Gasteiger partial charge in [0.15, 0.2) is 0 Å². The van der Waals surface area contributed by atoms with Crippen molar-refractivity contribution in [2.45, 2.75) is 125 Å². The molecule has 0 aromatic heterocycles. The molecule has 0 amide bonds. The number of halogens is 1. The van der Waals surface area contributed by atoms with Crippen LogP contribution in [-0.4, -0.2) is 43.4 Å². The van der Waals surface area contributed by atoms with Gasteiger partial charge in [-0.3, -0.25) is 0 Å². The van der Waals surface area contributed by atoms with E-state index < -0.39 is 6.60 Å². The number of esters is 1. The van der Waals surface area contributed by atoms with Gasteiger partial charge in [-0.25, -0.2) is 0 Å². The van der Waals surface area contributed by atoms with Gasteiger partial charge in [0, 0.05) is 0 Å². The van der Waals surface area contributed by atoms with Crippen LogP contribution in [0.25, 0.3) is 0 Å². The normalized spacial score (nSPS) is 12.6. The predicted molar refractivity (Wildman–Crippen MR) is 152 cm³/mol. The third-order valence-electron chi connectivity index (χ3n) is 7.34. The first-order chi connectivity index (χ1) is 14.9. The molecule has 0 rings (SSSR count). The van der Waals surface area contributed by atoms with Gasteiger partial charge in [-0.2, -0.15) is 0 Å². The maximum Gasteiger partial charge on any atom is -0.147 e. The van der Waals surface area contributed by atoms with Crippen LogP contribution in [0.1, 0.15) is 125 Å². The summed E-state index contributed by atoms with van der Waals surface area (Å²) in [4.78, 5) is 11.6. The molecular formula is C28H58ClO2P. The number of ether oxygens (including phenoxy) is 1. The van der Waals surface area contributed by atoms with Gasteiger partial charge in [-0.1, -0.05) is 0 Å². The minimum atomic E-state index is -1.69. The molecule has 0 aliphatic heterocycles. The van der Waals surface area contributed by atoms with E-state index in [2.05, 4.69) is 34.3 Å². The Kier molecular flexibility index (Phi) is 21.6. The molecule has 0 atom stereocenters. The van der Waals surface area contributed by atoms with E-state index in [1.807, 2.05) is 0 Å². The monoisotopic (exact) mass is 492 g/mol. The molecule has 0 aliphatic rings. The molecule has 2 nitrogen and oxygen atoms in total. The Labute approximate surface area is 208 Å². The van der Waals surface area contributed by atoms with Crippen molar-refractivity contribution in [3.63, 3.8) is 0 Å². The van der Waals surface area contributed by atoms with Gasteiger partial charge in [0.2, 0.25) is 0 Å². The number of unbranched alkanes of at least 4 members (excludes halogenated alkanes) is 9. The number of carbonyl (C=O) groups is 1. The van der Waals surface area contributed by atoms with Crippen molar-refractivity contribution in [2.75, 3.05) is 37.4 Å². The van der Waals surface area contributed by atoms with Crippen LogP contribution in [0.3, 0.4) is 0 Å². The first-order valence-corrected chi connectivity index (χ1v) is 16.9. The molecular weight excluding hydrogens is 435 g/mol. The minimum Gasteiger partial charge on any atom is -0.147 e. The number of carbonyl (C=O) groups excluding carboxylic acids is 1. The summed E-state index contributed by atoms with van der Waals surface area (Å²) in [7, 11) is 0. The Morgan fingerprint density at radius 2 is 1.00 bits per heavy atom. The van der Waals surface area contributed by atoms with E-state index in [1.165, 1.54) is 89.6 Å². The Bertz CT molecular complexity index is 454. The Morgan fingerprint density at radius 1 is 0.625 bits per heavy atom. The predicted octanol–water partition coefficient (Wildman–Crippen LogP) is 9.62. The first-order valence-electron chi connectivity index (χ1n) is 13.7. The van der Waals surface area contributed by atoms with E-state index >= 15 is 0 Å². The van der Waals surface area contributed by atoms with E-state index in [-0.39, 0.29) is 18.4 Å². The third-order valence-corrected chi connectivity index (χ3v) is 15.2. The van der Waals surface area contributed by atoms with Crippen LogP contribution < -0.4 is 0 Å². The molecule has 4 heteroatoms. The SMILES string of the molecule is C=C(C)C(=O)OCCCCCP(CCCC)(CCCC)(CCCC)CCCCCCC.Cl. The standard InChI is InChI=1S/C28H57O2P.ClH/c1-7-11-15-16-19-25-31(22-12-8-2,23-13-9-3,24-14-10-4)26-20-17-18-21-30-28(29)27(5)6;/h5,7-26H2,1-4,6H3;1H. The van der Waals surface area contributed by atoms with Crippen LogP contribution in [-0.2, 0) is 9.53 Å². The van der Waals surface area contributed by atoms with E-state index in [0.717, 1.165) is 6.42 Å². The molecule has 0 aliphatic carbocycles. The van der Waals surface area contributed by atoms with Crippen molar-refractivity contribution in [3.05, 3.63) is 12.2 Å². The van der Waals surface area contributed by atoms with Gasteiger partial charge in [0.1, 0.15) is 0 Å². The topological polar surface area (TPSA) is 26.3 Å². The molecule has 0 aromatic rings. The zero-order chi connectivity index (χ0) is 23.5. The van der Waals surface area contributed by atoms with Gasteiger partial charge >= 0.3 is 196 Å². The average Bonchev–Trinajstić information content (AvgIpc) is 2.77. The van der Waals surface area contributed by atoms with Crippen molar-refractivity contribution in [2.24, 2.45) is 0 Å². The van der Waals surface area contributed by atoms with Crippen LogP contribution in [0.4, 0.5) is 0 Å². The summed E-state index contributed by atoms with van der Waals surface area (Å²) in [5, 5.41) is 0. The molecule has 0 bridgehead atoms. The van der Waals surface area contributed by atoms with E-state index in [0.29, 0.717) is 12.2 Å². The second-order valence-electron chi connectivity index (χ2n) is 10.3. The Morgan fingerprint density at radius 3 is 1.41 bits per heavy atom. The zero-order valence-corrected chi connectivity index (χ0v) is 24.2. The Hall–Kier alpha value is -0.0700. The van der Waals surface area contributed by atoms with E-state index in [1.54, 1.807) is 31.6 Å².